The van der Waals surface area contributed by atoms with Crippen LogP contribution in [0, 0.1) is 17.8 Å². The summed E-state index contributed by atoms with van der Waals surface area (Å²) in [5.41, 5.74) is 2.88. The number of hydrogen-bond donors (Lipinski definition) is 2. The Kier molecular flexibility index (Phi) is 6.88. The minimum absolute atomic E-state index is 0.295. The van der Waals surface area contributed by atoms with Crippen molar-refractivity contribution in [1.82, 2.24) is 9.80 Å². The lowest BCUT2D eigenvalue weighted by atomic mass is 9.93. The van der Waals surface area contributed by atoms with Crippen molar-refractivity contribution in [3.8, 4) is 0 Å². The maximum Gasteiger partial charge on any atom is 0.0475 e. The van der Waals surface area contributed by atoms with Crippen LogP contribution in [-0.2, 0) is 13.0 Å². The Bertz CT molecular complexity index is 528. The van der Waals surface area contributed by atoms with Gasteiger partial charge in [0.25, 0.3) is 0 Å². The lowest BCUT2D eigenvalue weighted by Gasteiger charge is -2.33. The third kappa shape index (κ3) is 4.82. The molecule has 2 aliphatic heterocycles. The Morgan fingerprint density at radius 2 is 1.60 bits per heavy atom. The SMILES string of the molecule is CCc1ccccc1CN1C[C@@H](CN2CCC(CO)CC2)[C@@H](CO)C1. The van der Waals surface area contributed by atoms with E-state index < -0.39 is 0 Å². The Balaban J connectivity index is 1.55. The van der Waals surface area contributed by atoms with Crippen LogP contribution in [-0.4, -0.2) is 66.0 Å². The highest BCUT2D eigenvalue weighted by atomic mass is 16.3. The molecule has 2 fully saturated rings. The van der Waals surface area contributed by atoms with E-state index >= 15 is 0 Å². The van der Waals surface area contributed by atoms with E-state index in [2.05, 4.69) is 41.0 Å². The van der Waals surface area contributed by atoms with Crippen LogP contribution < -0.4 is 0 Å². The van der Waals surface area contributed by atoms with Crippen LogP contribution in [0.4, 0.5) is 0 Å². The van der Waals surface area contributed by atoms with Gasteiger partial charge in [0.05, 0.1) is 0 Å². The van der Waals surface area contributed by atoms with Crippen LogP contribution in [0.2, 0.25) is 0 Å². The van der Waals surface area contributed by atoms with Gasteiger partial charge in [0.15, 0.2) is 0 Å². The Morgan fingerprint density at radius 3 is 2.24 bits per heavy atom. The molecule has 0 amide bonds. The first-order valence-corrected chi connectivity index (χ1v) is 9.96. The summed E-state index contributed by atoms with van der Waals surface area (Å²) in [6.07, 6.45) is 3.30. The van der Waals surface area contributed by atoms with Crippen LogP contribution in [0.25, 0.3) is 0 Å². The molecule has 4 heteroatoms. The van der Waals surface area contributed by atoms with Crippen molar-refractivity contribution in [3.63, 3.8) is 0 Å². The Morgan fingerprint density at radius 1 is 0.920 bits per heavy atom. The zero-order chi connectivity index (χ0) is 17.6. The maximum absolute atomic E-state index is 9.85. The van der Waals surface area contributed by atoms with Gasteiger partial charge in [-0.15, -0.1) is 0 Å². The lowest BCUT2D eigenvalue weighted by Crippen LogP contribution is -2.40. The van der Waals surface area contributed by atoms with Crippen molar-refractivity contribution < 1.29 is 10.2 Å². The van der Waals surface area contributed by atoms with Gasteiger partial charge in [-0.2, -0.15) is 0 Å². The van der Waals surface area contributed by atoms with Crippen LogP contribution in [0.5, 0.6) is 0 Å². The Labute approximate surface area is 152 Å². The van der Waals surface area contributed by atoms with Crippen molar-refractivity contribution in [2.75, 3.05) is 45.9 Å². The van der Waals surface area contributed by atoms with Gasteiger partial charge < -0.3 is 15.1 Å². The summed E-state index contributed by atoms with van der Waals surface area (Å²) in [7, 11) is 0. The quantitative estimate of drug-likeness (QED) is 0.793. The number of likely N-dealkylation sites (tertiary alicyclic amines) is 2. The van der Waals surface area contributed by atoms with Gasteiger partial charge in [0.2, 0.25) is 0 Å². The number of aliphatic hydroxyl groups is 2. The molecule has 25 heavy (non-hydrogen) atoms. The van der Waals surface area contributed by atoms with E-state index in [0.717, 1.165) is 58.5 Å². The van der Waals surface area contributed by atoms with E-state index in [0.29, 0.717) is 31.0 Å². The second-order valence-electron chi connectivity index (χ2n) is 7.95. The molecule has 4 nitrogen and oxygen atoms in total. The summed E-state index contributed by atoms with van der Waals surface area (Å²) in [5, 5.41) is 19.2. The van der Waals surface area contributed by atoms with Gasteiger partial charge in [0, 0.05) is 39.4 Å². The number of aryl methyl sites for hydroxylation is 1. The van der Waals surface area contributed by atoms with E-state index in [9.17, 15) is 10.2 Å². The molecular formula is C21H34N2O2. The predicted molar refractivity (Wildman–Crippen MR) is 101 cm³/mol. The monoisotopic (exact) mass is 346 g/mol. The van der Waals surface area contributed by atoms with Crippen molar-refractivity contribution in [2.24, 2.45) is 17.8 Å². The second-order valence-corrected chi connectivity index (χ2v) is 7.95. The lowest BCUT2D eigenvalue weighted by molar-refractivity contribution is 0.106. The van der Waals surface area contributed by atoms with Gasteiger partial charge in [-0.25, -0.2) is 0 Å². The van der Waals surface area contributed by atoms with Gasteiger partial charge in [-0.05, 0) is 61.2 Å². The molecule has 0 unspecified atom stereocenters. The van der Waals surface area contributed by atoms with Crippen LogP contribution in [0.3, 0.4) is 0 Å². The highest BCUT2D eigenvalue weighted by Gasteiger charge is 2.34. The first kappa shape index (κ1) is 18.8. The molecule has 0 bridgehead atoms. The highest BCUT2D eigenvalue weighted by Crippen LogP contribution is 2.28. The van der Waals surface area contributed by atoms with Crippen molar-refractivity contribution in [1.29, 1.82) is 0 Å². The fourth-order valence-electron chi connectivity index (χ4n) is 4.56. The fourth-order valence-corrected chi connectivity index (χ4v) is 4.56. The molecule has 1 aromatic carbocycles. The minimum Gasteiger partial charge on any atom is -0.396 e. The molecule has 0 aromatic heterocycles. The largest absolute Gasteiger partial charge is 0.396 e. The summed E-state index contributed by atoms with van der Waals surface area (Å²) in [4.78, 5) is 5.07. The number of hydrogen-bond acceptors (Lipinski definition) is 4. The van der Waals surface area contributed by atoms with Crippen LogP contribution >= 0.6 is 0 Å². The number of nitrogens with zero attached hydrogens (tertiary/aromatic N) is 2. The number of benzene rings is 1. The van der Waals surface area contributed by atoms with Crippen molar-refractivity contribution >= 4 is 0 Å². The smallest absolute Gasteiger partial charge is 0.0475 e. The van der Waals surface area contributed by atoms with Gasteiger partial charge in [0.1, 0.15) is 0 Å². The number of piperidine rings is 1. The van der Waals surface area contributed by atoms with Gasteiger partial charge >= 0.3 is 0 Å². The maximum atomic E-state index is 9.85. The molecule has 2 saturated heterocycles. The van der Waals surface area contributed by atoms with E-state index in [4.69, 9.17) is 0 Å². The van der Waals surface area contributed by atoms with E-state index in [1.807, 2.05) is 0 Å². The molecule has 2 N–H and O–H groups in total. The summed E-state index contributed by atoms with van der Waals surface area (Å²) in [5.74, 6) is 1.45. The fraction of sp³-hybridized carbons (Fsp3) is 0.714. The van der Waals surface area contributed by atoms with Crippen LogP contribution in [0.1, 0.15) is 30.9 Å². The highest BCUT2D eigenvalue weighted by molar-refractivity contribution is 5.27. The third-order valence-corrected chi connectivity index (χ3v) is 6.24. The summed E-state index contributed by atoms with van der Waals surface area (Å²) >= 11 is 0. The molecule has 0 spiro atoms. The molecule has 1 aromatic rings. The Hall–Kier alpha value is -0.940. The molecular weight excluding hydrogens is 312 g/mol. The second kappa shape index (κ2) is 9.13. The predicted octanol–water partition coefficient (Wildman–Crippen LogP) is 1.99. The summed E-state index contributed by atoms with van der Waals surface area (Å²) in [6, 6.07) is 8.75. The molecule has 2 heterocycles. The number of rotatable bonds is 7. The average Bonchev–Trinajstić information content (AvgIpc) is 3.04. The molecule has 140 valence electrons. The normalized spacial score (nSPS) is 26.4. The van der Waals surface area contributed by atoms with Gasteiger partial charge in [-0.1, -0.05) is 31.2 Å². The van der Waals surface area contributed by atoms with Crippen molar-refractivity contribution in [3.05, 3.63) is 35.4 Å². The van der Waals surface area contributed by atoms with Gasteiger partial charge in [-0.3, -0.25) is 4.90 Å². The summed E-state index contributed by atoms with van der Waals surface area (Å²) < 4.78 is 0. The summed E-state index contributed by atoms with van der Waals surface area (Å²) in [6.45, 7) is 9.23. The standard InChI is InChI=1S/C21H34N2O2/c1-2-18-5-3-4-6-19(18)11-23-13-20(21(14-23)16-25)12-22-9-7-17(15-24)8-10-22/h3-6,17,20-21,24-25H,2,7-16H2,1H3/t20-,21-/m1/s1. The zero-order valence-electron chi connectivity index (χ0n) is 15.6. The first-order chi connectivity index (χ1) is 12.2. The molecule has 2 aliphatic rings. The average molecular weight is 347 g/mol. The van der Waals surface area contributed by atoms with Crippen LogP contribution in [0.15, 0.2) is 24.3 Å². The van der Waals surface area contributed by atoms with Crippen molar-refractivity contribution in [2.45, 2.75) is 32.7 Å². The molecule has 0 radical (unpaired) electrons. The number of aliphatic hydroxyl groups excluding tert-OH is 2. The van der Waals surface area contributed by atoms with E-state index in [1.165, 1.54) is 11.1 Å². The third-order valence-electron chi connectivity index (χ3n) is 6.24. The van der Waals surface area contributed by atoms with E-state index in [-0.39, 0.29) is 0 Å². The van der Waals surface area contributed by atoms with E-state index in [1.54, 1.807) is 0 Å². The zero-order valence-corrected chi connectivity index (χ0v) is 15.6. The molecule has 2 atom stereocenters. The molecule has 0 aliphatic carbocycles. The molecule has 0 saturated carbocycles. The first-order valence-electron chi connectivity index (χ1n) is 9.96. The topological polar surface area (TPSA) is 46.9 Å². The minimum atomic E-state index is 0.295. The molecule has 3 rings (SSSR count).